The molecule has 0 amide bonds. The van der Waals surface area contributed by atoms with Gasteiger partial charge in [0, 0.05) is 6.42 Å². The van der Waals surface area contributed by atoms with E-state index in [1.165, 1.54) is 51.0 Å². The molecular weight excluding hydrogens is 352 g/mol. The second kappa shape index (κ2) is 15.7. The van der Waals surface area contributed by atoms with Crippen LogP contribution >= 0.6 is 0 Å². The monoisotopic (exact) mass is 386 g/mol. The summed E-state index contributed by atoms with van der Waals surface area (Å²) in [5, 5.41) is 0. The number of ether oxygens (including phenoxy) is 2. The van der Waals surface area contributed by atoms with E-state index in [1.807, 2.05) is 6.92 Å². The fourth-order valence-corrected chi connectivity index (χ4v) is 2.72. The summed E-state index contributed by atoms with van der Waals surface area (Å²) in [5.41, 5.74) is 0.680. The van der Waals surface area contributed by atoms with Crippen LogP contribution in [0.5, 0.6) is 0 Å². The van der Waals surface area contributed by atoms with Crippen molar-refractivity contribution in [2.75, 3.05) is 13.2 Å². The van der Waals surface area contributed by atoms with Gasteiger partial charge in [0.05, 0.1) is 17.7 Å². The summed E-state index contributed by atoms with van der Waals surface area (Å²) in [6.07, 6.45) is 11.8. The average molecular weight is 387 g/mol. The Balaban J connectivity index is 2.22. The molecule has 1 aromatic rings. The Kier molecular flexibility index (Phi) is 13.4. The predicted octanol–water partition coefficient (Wildman–Crippen LogP) is 5.94. The molecule has 0 N–H and O–H groups in total. The van der Waals surface area contributed by atoms with Crippen molar-refractivity contribution in [2.24, 2.45) is 0 Å². The first-order valence-corrected chi connectivity index (χ1v) is 10.6. The molecule has 4 nitrogen and oxygen atoms in total. The molecule has 4 heteroatoms. The summed E-state index contributed by atoms with van der Waals surface area (Å²) in [5.74, 6) is 5.03. The van der Waals surface area contributed by atoms with Crippen LogP contribution in [0.3, 0.4) is 0 Å². The predicted molar refractivity (Wildman–Crippen MR) is 112 cm³/mol. The molecule has 0 spiro atoms. The molecule has 154 valence electrons. The summed E-state index contributed by atoms with van der Waals surface area (Å²) in [6, 6.07) is 6.38. The minimum atomic E-state index is -0.480. The Morgan fingerprint density at radius 2 is 1.39 bits per heavy atom. The smallest absolute Gasteiger partial charge is 0.339 e. The Morgan fingerprint density at radius 3 is 2.04 bits per heavy atom. The zero-order valence-corrected chi connectivity index (χ0v) is 17.4. The van der Waals surface area contributed by atoms with Crippen LogP contribution in [0.4, 0.5) is 0 Å². The van der Waals surface area contributed by atoms with Gasteiger partial charge in [0.25, 0.3) is 0 Å². The Bertz CT molecular complexity index is 639. The number of carbonyl (C=O) groups is 2. The number of unbranched alkanes of at least 4 members (excludes halogenated alkanes) is 8. The van der Waals surface area contributed by atoms with Gasteiger partial charge < -0.3 is 9.47 Å². The summed E-state index contributed by atoms with van der Waals surface area (Å²) < 4.78 is 10.2. The minimum Gasteiger partial charge on any atom is -0.462 e. The number of carbonyl (C=O) groups excluding carboxylic acids is 2. The molecule has 0 atom stereocenters. The van der Waals surface area contributed by atoms with Gasteiger partial charge in [-0.1, -0.05) is 76.7 Å². The van der Waals surface area contributed by atoms with Crippen LogP contribution in [-0.4, -0.2) is 25.2 Å². The summed E-state index contributed by atoms with van der Waals surface area (Å²) in [7, 11) is 0. The van der Waals surface area contributed by atoms with E-state index >= 15 is 0 Å². The molecule has 0 aliphatic carbocycles. The third-order valence-corrected chi connectivity index (χ3v) is 4.33. The molecule has 0 heterocycles. The zero-order chi connectivity index (χ0) is 20.5. The molecule has 1 rings (SSSR count). The van der Waals surface area contributed by atoms with Crippen molar-refractivity contribution in [3.05, 3.63) is 35.4 Å². The van der Waals surface area contributed by atoms with Crippen molar-refractivity contribution in [1.82, 2.24) is 0 Å². The van der Waals surface area contributed by atoms with Crippen molar-refractivity contribution in [2.45, 2.75) is 78.1 Å². The molecule has 0 aromatic heterocycles. The maximum atomic E-state index is 12.1. The Morgan fingerprint density at radius 1 is 0.786 bits per heavy atom. The van der Waals surface area contributed by atoms with E-state index in [0.29, 0.717) is 17.7 Å². The van der Waals surface area contributed by atoms with Crippen LogP contribution in [0.2, 0.25) is 0 Å². The molecular formula is C24H34O4. The van der Waals surface area contributed by atoms with Gasteiger partial charge in [-0.25, -0.2) is 9.59 Å². The topological polar surface area (TPSA) is 52.6 Å². The van der Waals surface area contributed by atoms with Gasteiger partial charge in [-0.2, -0.15) is 0 Å². The highest BCUT2D eigenvalue weighted by molar-refractivity contribution is 5.95. The highest BCUT2D eigenvalue weighted by atomic mass is 16.5. The second-order valence-corrected chi connectivity index (χ2v) is 6.87. The Labute approximate surface area is 170 Å². The van der Waals surface area contributed by atoms with Crippen molar-refractivity contribution in [3.63, 3.8) is 0 Å². The fourth-order valence-electron chi connectivity index (χ4n) is 2.72. The van der Waals surface area contributed by atoms with Crippen LogP contribution in [0.1, 0.15) is 98.8 Å². The van der Waals surface area contributed by atoms with E-state index in [0.717, 1.165) is 19.3 Å². The van der Waals surface area contributed by atoms with Crippen LogP contribution in [-0.2, 0) is 9.47 Å². The maximum Gasteiger partial charge on any atom is 0.339 e. The highest BCUT2D eigenvalue weighted by Crippen LogP contribution is 2.10. The molecule has 0 bridgehead atoms. The molecule has 0 unspecified atom stereocenters. The lowest BCUT2D eigenvalue weighted by Crippen LogP contribution is -2.09. The normalized spacial score (nSPS) is 10.1. The van der Waals surface area contributed by atoms with Crippen molar-refractivity contribution < 1.29 is 19.1 Å². The minimum absolute atomic E-state index is 0.0698. The quantitative estimate of drug-likeness (QED) is 0.239. The van der Waals surface area contributed by atoms with E-state index < -0.39 is 11.9 Å². The lowest BCUT2D eigenvalue weighted by molar-refractivity contribution is 0.0505. The molecule has 0 aliphatic heterocycles. The van der Waals surface area contributed by atoms with Crippen molar-refractivity contribution >= 4 is 11.9 Å². The van der Waals surface area contributed by atoms with Crippen LogP contribution in [0.25, 0.3) is 0 Å². The molecule has 0 fully saturated rings. The van der Waals surface area contributed by atoms with Gasteiger partial charge in [0.15, 0.2) is 6.61 Å². The SMILES string of the molecule is CCCCCCCCCCC#CCOC(=O)c1cccc(C(=O)OCCC)c1. The molecule has 0 aliphatic rings. The largest absolute Gasteiger partial charge is 0.462 e. The molecule has 1 aromatic carbocycles. The number of hydrogen-bond acceptors (Lipinski definition) is 4. The Hall–Kier alpha value is -2.28. The highest BCUT2D eigenvalue weighted by Gasteiger charge is 2.12. The van der Waals surface area contributed by atoms with E-state index in [1.54, 1.807) is 18.2 Å². The fraction of sp³-hybridized carbons (Fsp3) is 0.583. The van der Waals surface area contributed by atoms with E-state index in [4.69, 9.17) is 9.47 Å². The third-order valence-electron chi connectivity index (χ3n) is 4.33. The maximum absolute atomic E-state index is 12.1. The van der Waals surface area contributed by atoms with Crippen LogP contribution in [0, 0.1) is 11.8 Å². The molecule has 28 heavy (non-hydrogen) atoms. The van der Waals surface area contributed by atoms with E-state index in [-0.39, 0.29) is 6.61 Å². The third kappa shape index (κ3) is 10.8. The molecule has 0 radical (unpaired) electrons. The first-order valence-electron chi connectivity index (χ1n) is 10.6. The van der Waals surface area contributed by atoms with E-state index in [9.17, 15) is 9.59 Å². The van der Waals surface area contributed by atoms with Gasteiger partial charge in [0.1, 0.15) is 0 Å². The standard InChI is InChI=1S/C24H34O4/c1-3-5-6-7-8-9-10-11-12-13-14-19-28-24(26)22-17-15-16-21(20-22)23(25)27-18-4-2/h15-17,20H,3-12,18-19H2,1-2H3. The second-order valence-electron chi connectivity index (χ2n) is 6.87. The van der Waals surface area contributed by atoms with E-state index in [2.05, 4.69) is 18.8 Å². The number of hydrogen-bond donors (Lipinski definition) is 0. The van der Waals surface area contributed by atoms with Gasteiger partial charge in [-0.15, -0.1) is 0 Å². The lowest BCUT2D eigenvalue weighted by atomic mass is 10.1. The van der Waals surface area contributed by atoms with Crippen molar-refractivity contribution in [1.29, 1.82) is 0 Å². The first-order chi connectivity index (χ1) is 13.7. The lowest BCUT2D eigenvalue weighted by Gasteiger charge is -2.05. The van der Waals surface area contributed by atoms with Gasteiger partial charge in [-0.05, 0) is 31.0 Å². The summed E-state index contributed by atoms with van der Waals surface area (Å²) >= 11 is 0. The summed E-state index contributed by atoms with van der Waals surface area (Å²) in [4.78, 5) is 23.9. The number of esters is 2. The van der Waals surface area contributed by atoms with Crippen LogP contribution < -0.4 is 0 Å². The molecule has 0 saturated carbocycles. The number of rotatable bonds is 13. The van der Waals surface area contributed by atoms with Crippen molar-refractivity contribution in [3.8, 4) is 11.8 Å². The molecule has 0 saturated heterocycles. The zero-order valence-electron chi connectivity index (χ0n) is 17.4. The first kappa shape index (κ1) is 23.8. The van der Waals surface area contributed by atoms with Crippen LogP contribution in [0.15, 0.2) is 24.3 Å². The number of benzene rings is 1. The summed E-state index contributed by atoms with van der Waals surface area (Å²) in [6.45, 7) is 4.59. The van der Waals surface area contributed by atoms with Gasteiger partial charge >= 0.3 is 11.9 Å². The van der Waals surface area contributed by atoms with Gasteiger partial charge in [0.2, 0.25) is 0 Å². The van der Waals surface area contributed by atoms with Gasteiger partial charge in [-0.3, -0.25) is 0 Å². The average Bonchev–Trinajstić information content (AvgIpc) is 2.72.